The van der Waals surface area contributed by atoms with Crippen LogP contribution >= 0.6 is 0 Å². The van der Waals surface area contributed by atoms with Gasteiger partial charge in [0.25, 0.3) is 10.0 Å². The van der Waals surface area contributed by atoms with E-state index in [9.17, 15) is 8.42 Å². The molecule has 0 atom stereocenters. The largest absolute Gasteiger partial charge is 0.447 e. The lowest BCUT2D eigenvalue weighted by atomic mass is 10.2. The Hall–Kier alpha value is -0.850. The van der Waals surface area contributed by atoms with Crippen molar-refractivity contribution in [1.29, 1.82) is 0 Å². The van der Waals surface area contributed by atoms with Crippen molar-refractivity contribution in [3.05, 3.63) is 17.9 Å². The molecule has 114 valence electrons. The van der Waals surface area contributed by atoms with Gasteiger partial charge in [-0.3, -0.25) is 0 Å². The fraction of sp³-hybridized carbons (Fsp3) is 0.714. The highest BCUT2D eigenvalue weighted by Gasteiger charge is 2.35. The van der Waals surface area contributed by atoms with Crippen LogP contribution in [0.15, 0.2) is 21.6 Å². The van der Waals surface area contributed by atoms with Gasteiger partial charge in [-0.05, 0) is 30.9 Å². The highest BCUT2D eigenvalue weighted by molar-refractivity contribution is 7.89. The second-order valence-electron chi connectivity index (χ2n) is 5.83. The normalized spacial score (nSPS) is 17.4. The first-order valence-corrected chi connectivity index (χ1v) is 8.69. The average Bonchev–Trinajstić information content (AvgIpc) is 3.06. The molecule has 0 amide bonds. The highest BCUT2D eigenvalue weighted by atomic mass is 32.2. The second kappa shape index (κ2) is 6.28. The SMILES string of the molecule is CC(C)CN(C1CCCC1)S(=O)(=O)c1ccc(CN)o1. The Bertz CT molecular complexity index is 530. The lowest BCUT2D eigenvalue weighted by Gasteiger charge is -2.28. The fourth-order valence-electron chi connectivity index (χ4n) is 2.72. The van der Waals surface area contributed by atoms with Gasteiger partial charge in [-0.2, -0.15) is 4.31 Å². The topological polar surface area (TPSA) is 76.5 Å². The van der Waals surface area contributed by atoms with Gasteiger partial charge < -0.3 is 10.2 Å². The molecule has 1 aliphatic rings. The molecule has 0 saturated heterocycles. The van der Waals surface area contributed by atoms with Crippen LogP contribution in [-0.2, 0) is 16.6 Å². The Morgan fingerprint density at radius 2 is 2.00 bits per heavy atom. The molecule has 1 fully saturated rings. The monoisotopic (exact) mass is 300 g/mol. The first kappa shape index (κ1) is 15.5. The summed E-state index contributed by atoms with van der Waals surface area (Å²) in [7, 11) is -3.56. The summed E-state index contributed by atoms with van der Waals surface area (Å²) in [6.45, 7) is 4.81. The third kappa shape index (κ3) is 3.24. The molecule has 1 aromatic rings. The van der Waals surface area contributed by atoms with Crippen molar-refractivity contribution in [1.82, 2.24) is 4.31 Å². The zero-order valence-corrected chi connectivity index (χ0v) is 13.0. The van der Waals surface area contributed by atoms with Gasteiger partial charge in [0.05, 0.1) is 6.54 Å². The Balaban J connectivity index is 2.29. The smallest absolute Gasteiger partial charge is 0.276 e. The number of hydrogen-bond donors (Lipinski definition) is 1. The molecule has 5 nitrogen and oxygen atoms in total. The standard InChI is InChI=1S/C14H24N2O3S/c1-11(2)10-16(12-5-3-4-6-12)20(17,18)14-8-7-13(9-15)19-14/h7-8,11-12H,3-6,9-10,15H2,1-2H3. The van der Waals surface area contributed by atoms with Crippen LogP contribution in [0.4, 0.5) is 0 Å². The molecule has 1 aromatic heterocycles. The summed E-state index contributed by atoms with van der Waals surface area (Å²) in [5.41, 5.74) is 5.48. The molecular weight excluding hydrogens is 276 g/mol. The summed E-state index contributed by atoms with van der Waals surface area (Å²) in [4.78, 5) is 0. The van der Waals surface area contributed by atoms with E-state index >= 15 is 0 Å². The van der Waals surface area contributed by atoms with Gasteiger partial charge in [-0.25, -0.2) is 8.42 Å². The predicted octanol–water partition coefficient (Wildman–Crippen LogP) is 2.33. The van der Waals surface area contributed by atoms with Crippen LogP contribution in [0.1, 0.15) is 45.3 Å². The zero-order valence-electron chi connectivity index (χ0n) is 12.2. The van der Waals surface area contributed by atoms with Crippen molar-refractivity contribution < 1.29 is 12.8 Å². The van der Waals surface area contributed by atoms with Gasteiger partial charge in [0.1, 0.15) is 5.76 Å². The molecule has 6 heteroatoms. The highest BCUT2D eigenvalue weighted by Crippen LogP contribution is 2.30. The van der Waals surface area contributed by atoms with Gasteiger partial charge in [0.2, 0.25) is 5.09 Å². The molecule has 0 radical (unpaired) electrons. The Kier molecular flexibility index (Phi) is 4.88. The Labute approximate surface area is 121 Å². The van der Waals surface area contributed by atoms with E-state index in [2.05, 4.69) is 0 Å². The van der Waals surface area contributed by atoms with Crippen molar-refractivity contribution in [2.45, 2.75) is 57.2 Å². The van der Waals surface area contributed by atoms with Crippen LogP contribution in [0.2, 0.25) is 0 Å². The number of nitrogens with two attached hydrogens (primary N) is 1. The Morgan fingerprint density at radius 1 is 1.35 bits per heavy atom. The third-order valence-corrected chi connectivity index (χ3v) is 5.47. The zero-order chi connectivity index (χ0) is 14.8. The van der Waals surface area contributed by atoms with Crippen LogP contribution in [0, 0.1) is 5.92 Å². The fourth-order valence-corrected chi connectivity index (χ4v) is 4.50. The van der Waals surface area contributed by atoms with Crippen LogP contribution in [-0.4, -0.2) is 25.3 Å². The molecule has 20 heavy (non-hydrogen) atoms. The van der Waals surface area contributed by atoms with E-state index in [0.717, 1.165) is 25.7 Å². The molecule has 0 aromatic carbocycles. The van der Waals surface area contributed by atoms with Crippen molar-refractivity contribution in [3.63, 3.8) is 0 Å². The van der Waals surface area contributed by atoms with Gasteiger partial charge in [0, 0.05) is 12.6 Å². The first-order valence-electron chi connectivity index (χ1n) is 7.25. The number of hydrogen-bond acceptors (Lipinski definition) is 4. The van der Waals surface area contributed by atoms with E-state index < -0.39 is 10.0 Å². The van der Waals surface area contributed by atoms with Gasteiger partial charge in [-0.15, -0.1) is 0 Å². The summed E-state index contributed by atoms with van der Waals surface area (Å²) in [5.74, 6) is 0.786. The summed E-state index contributed by atoms with van der Waals surface area (Å²) < 4.78 is 32.5. The molecule has 2 rings (SSSR count). The third-order valence-electron chi connectivity index (χ3n) is 3.68. The first-order chi connectivity index (χ1) is 9.45. The van der Waals surface area contributed by atoms with E-state index in [0.29, 0.717) is 12.3 Å². The minimum Gasteiger partial charge on any atom is -0.447 e. The summed E-state index contributed by atoms with van der Waals surface area (Å²) >= 11 is 0. The van der Waals surface area contributed by atoms with E-state index in [1.165, 1.54) is 6.07 Å². The van der Waals surface area contributed by atoms with Crippen LogP contribution in [0.25, 0.3) is 0 Å². The average molecular weight is 300 g/mol. The second-order valence-corrected chi connectivity index (χ2v) is 7.65. The van der Waals surface area contributed by atoms with E-state index in [4.69, 9.17) is 10.2 Å². The van der Waals surface area contributed by atoms with Crippen molar-refractivity contribution in [2.75, 3.05) is 6.54 Å². The number of nitrogens with zero attached hydrogens (tertiary/aromatic N) is 1. The van der Waals surface area contributed by atoms with Crippen molar-refractivity contribution in [2.24, 2.45) is 11.7 Å². The molecule has 1 heterocycles. The summed E-state index contributed by atoms with van der Waals surface area (Å²) in [5, 5.41) is 0.0190. The van der Waals surface area contributed by atoms with Crippen molar-refractivity contribution in [3.8, 4) is 0 Å². The number of sulfonamides is 1. The maximum Gasteiger partial charge on any atom is 0.276 e. The number of furan rings is 1. The molecule has 0 unspecified atom stereocenters. The maximum absolute atomic E-state index is 12.8. The van der Waals surface area contributed by atoms with Gasteiger partial charge in [-0.1, -0.05) is 26.7 Å². The summed E-state index contributed by atoms with van der Waals surface area (Å²) in [6, 6.07) is 3.25. The van der Waals surface area contributed by atoms with Crippen LogP contribution in [0.5, 0.6) is 0 Å². The molecule has 1 aliphatic carbocycles. The predicted molar refractivity (Wildman–Crippen MR) is 77.6 cm³/mol. The van der Waals surface area contributed by atoms with E-state index in [-0.39, 0.29) is 23.6 Å². The molecule has 0 bridgehead atoms. The molecule has 1 saturated carbocycles. The van der Waals surface area contributed by atoms with Gasteiger partial charge >= 0.3 is 0 Å². The van der Waals surface area contributed by atoms with Crippen LogP contribution < -0.4 is 5.73 Å². The van der Waals surface area contributed by atoms with E-state index in [1.54, 1.807) is 10.4 Å². The minimum absolute atomic E-state index is 0.0190. The Morgan fingerprint density at radius 3 is 2.50 bits per heavy atom. The number of rotatable bonds is 6. The summed E-state index contributed by atoms with van der Waals surface area (Å²) in [6.07, 6.45) is 4.08. The molecular formula is C14H24N2O3S. The maximum atomic E-state index is 12.8. The van der Waals surface area contributed by atoms with Gasteiger partial charge in [0.15, 0.2) is 0 Å². The van der Waals surface area contributed by atoms with E-state index in [1.807, 2.05) is 13.8 Å². The lowest BCUT2D eigenvalue weighted by Crippen LogP contribution is -2.41. The quantitative estimate of drug-likeness (QED) is 0.874. The molecule has 0 spiro atoms. The molecule has 0 aliphatic heterocycles. The lowest BCUT2D eigenvalue weighted by molar-refractivity contribution is 0.282. The minimum atomic E-state index is -3.56. The van der Waals surface area contributed by atoms with Crippen LogP contribution in [0.3, 0.4) is 0 Å². The molecule has 2 N–H and O–H groups in total. The van der Waals surface area contributed by atoms with Crippen molar-refractivity contribution >= 4 is 10.0 Å².